The molecule has 0 saturated heterocycles. The van der Waals surface area contributed by atoms with E-state index in [0.29, 0.717) is 17.2 Å². The lowest BCUT2D eigenvalue weighted by Crippen LogP contribution is -2.05. The Balaban J connectivity index is 1.57. The van der Waals surface area contributed by atoms with Gasteiger partial charge in [-0.15, -0.1) is 10.2 Å². The standard InChI is InChI=1S/C18H18N2O4/c1-12(2)10-13-5-7-14(8-6-13)18(21)23-11-16-19-20-17(24-16)15-4-3-9-22-15/h3-9,12H,10-11H2,1-2H3. The van der Waals surface area contributed by atoms with E-state index in [-0.39, 0.29) is 18.4 Å². The zero-order valence-corrected chi connectivity index (χ0v) is 13.6. The summed E-state index contributed by atoms with van der Waals surface area (Å²) in [5, 5.41) is 7.68. The molecule has 0 amide bonds. The van der Waals surface area contributed by atoms with Crippen LogP contribution in [-0.4, -0.2) is 16.2 Å². The van der Waals surface area contributed by atoms with Gasteiger partial charge in [0, 0.05) is 0 Å². The molecule has 0 aliphatic rings. The topological polar surface area (TPSA) is 78.4 Å². The van der Waals surface area contributed by atoms with Gasteiger partial charge in [-0.25, -0.2) is 4.79 Å². The Kier molecular flexibility index (Phi) is 4.74. The van der Waals surface area contributed by atoms with Gasteiger partial charge >= 0.3 is 5.97 Å². The number of aromatic nitrogens is 2. The van der Waals surface area contributed by atoms with Gasteiger partial charge in [0.05, 0.1) is 11.8 Å². The molecule has 24 heavy (non-hydrogen) atoms. The first-order valence-electron chi connectivity index (χ1n) is 7.74. The lowest BCUT2D eigenvalue weighted by molar-refractivity contribution is 0.0438. The molecular formula is C18H18N2O4. The summed E-state index contributed by atoms with van der Waals surface area (Å²) in [4.78, 5) is 12.1. The Labute approximate surface area is 139 Å². The molecule has 0 aliphatic carbocycles. The number of hydrogen-bond acceptors (Lipinski definition) is 6. The number of carbonyl (C=O) groups is 1. The van der Waals surface area contributed by atoms with E-state index in [4.69, 9.17) is 13.6 Å². The van der Waals surface area contributed by atoms with E-state index in [0.717, 1.165) is 6.42 Å². The van der Waals surface area contributed by atoms with Crippen molar-refractivity contribution >= 4 is 5.97 Å². The molecule has 0 bridgehead atoms. The van der Waals surface area contributed by atoms with Crippen LogP contribution < -0.4 is 0 Å². The van der Waals surface area contributed by atoms with Gasteiger partial charge in [0.2, 0.25) is 0 Å². The second-order valence-electron chi connectivity index (χ2n) is 5.85. The quantitative estimate of drug-likeness (QED) is 0.640. The summed E-state index contributed by atoms with van der Waals surface area (Å²) in [5.41, 5.74) is 1.69. The Morgan fingerprint density at radius 3 is 2.62 bits per heavy atom. The first-order chi connectivity index (χ1) is 11.6. The van der Waals surface area contributed by atoms with Gasteiger partial charge in [-0.2, -0.15) is 0 Å². The molecule has 124 valence electrons. The van der Waals surface area contributed by atoms with Crippen LogP contribution in [0.15, 0.2) is 51.5 Å². The fourth-order valence-corrected chi connectivity index (χ4v) is 2.27. The number of ether oxygens (including phenoxy) is 1. The third kappa shape index (κ3) is 3.90. The predicted molar refractivity (Wildman–Crippen MR) is 86.1 cm³/mol. The number of hydrogen-bond donors (Lipinski definition) is 0. The van der Waals surface area contributed by atoms with Gasteiger partial charge < -0.3 is 13.6 Å². The van der Waals surface area contributed by atoms with Crippen LogP contribution in [-0.2, 0) is 17.8 Å². The number of esters is 1. The average Bonchev–Trinajstić information content (AvgIpc) is 3.24. The fraction of sp³-hybridized carbons (Fsp3) is 0.278. The fourth-order valence-electron chi connectivity index (χ4n) is 2.27. The van der Waals surface area contributed by atoms with Crippen molar-refractivity contribution in [3.63, 3.8) is 0 Å². The Morgan fingerprint density at radius 1 is 1.17 bits per heavy atom. The zero-order valence-electron chi connectivity index (χ0n) is 13.6. The average molecular weight is 326 g/mol. The molecule has 2 heterocycles. The maximum absolute atomic E-state index is 12.1. The van der Waals surface area contributed by atoms with E-state index in [9.17, 15) is 4.79 Å². The maximum Gasteiger partial charge on any atom is 0.338 e. The van der Waals surface area contributed by atoms with Crippen molar-refractivity contribution < 1.29 is 18.4 Å². The van der Waals surface area contributed by atoms with E-state index in [1.54, 1.807) is 24.3 Å². The molecule has 0 spiro atoms. The highest BCUT2D eigenvalue weighted by molar-refractivity contribution is 5.89. The van der Waals surface area contributed by atoms with Crippen LogP contribution in [0.1, 0.15) is 35.7 Å². The minimum absolute atomic E-state index is 0.0830. The summed E-state index contributed by atoms with van der Waals surface area (Å²) < 4.78 is 15.7. The van der Waals surface area contributed by atoms with Crippen molar-refractivity contribution in [2.75, 3.05) is 0 Å². The van der Waals surface area contributed by atoms with E-state index < -0.39 is 5.97 Å². The molecule has 0 unspecified atom stereocenters. The highest BCUT2D eigenvalue weighted by Gasteiger charge is 2.13. The molecule has 0 saturated carbocycles. The molecule has 0 radical (unpaired) electrons. The molecule has 2 aromatic heterocycles. The van der Waals surface area contributed by atoms with Crippen molar-refractivity contribution in [3.05, 3.63) is 59.7 Å². The Hall–Kier alpha value is -2.89. The number of carbonyl (C=O) groups excluding carboxylic acids is 1. The highest BCUT2D eigenvalue weighted by Crippen LogP contribution is 2.18. The molecule has 6 nitrogen and oxygen atoms in total. The molecule has 0 aliphatic heterocycles. The van der Waals surface area contributed by atoms with Crippen LogP contribution in [0.5, 0.6) is 0 Å². The molecule has 3 aromatic rings. The number of rotatable bonds is 6. The van der Waals surface area contributed by atoms with Gasteiger partial charge in [-0.1, -0.05) is 26.0 Å². The molecule has 6 heteroatoms. The number of benzene rings is 1. The second kappa shape index (κ2) is 7.12. The molecule has 0 atom stereocenters. The number of nitrogens with zero attached hydrogens (tertiary/aromatic N) is 2. The van der Waals surface area contributed by atoms with Crippen LogP contribution in [0, 0.1) is 5.92 Å². The monoisotopic (exact) mass is 326 g/mol. The van der Waals surface area contributed by atoms with Crippen molar-refractivity contribution in [2.24, 2.45) is 5.92 Å². The third-order valence-electron chi connectivity index (χ3n) is 3.36. The molecule has 0 N–H and O–H groups in total. The summed E-state index contributed by atoms with van der Waals surface area (Å²) in [7, 11) is 0. The van der Waals surface area contributed by atoms with Crippen LogP contribution in [0.2, 0.25) is 0 Å². The van der Waals surface area contributed by atoms with Crippen molar-refractivity contribution in [1.82, 2.24) is 10.2 Å². The highest BCUT2D eigenvalue weighted by atomic mass is 16.5. The summed E-state index contributed by atoms with van der Waals surface area (Å²) >= 11 is 0. The Morgan fingerprint density at radius 2 is 1.96 bits per heavy atom. The van der Waals surface area contributed by atoms with Crippen LogP contribution in [0.25, 0.3) is 11.7 Å². The van der Waals surface area contributed by atoms with Gasteiger partial charge in [0.1, 0.15) is 0 Å². The summed E-state index contributed by atoms with van der Waals surface area (Å²) in [6.45, 7) is 4.23. The largest absolute Gasteiger partial charge is 0.459 e. The van der Waals surface area contributed by atoms with Gasteiger partial charge in [-0.3, -0.25) is 0 Å². The molecule has 3 rings (SSSR count). The maximum atomic E-state index is 12.1. The van der Waals surface area contributed by atoms with E-state index in [1.165, 1.54) is 11.8 Å². The lowest BCUT2D eigenvalue weighted by Gasteiger charge is -2.06. The second-order valence-corrected chi connectivity index (χ2v) is 5.85. The minimum atomic E-state index is -0.427. The van der Waals surface area contributed by atoms with Gasteiger partial charge in [0.15, 0.2) is 12.4 Å². The molecule has 0 fully saturated rings. The van der Waals surface area contributed by atoms with Crippen molar-refractivity contribution in [3.8, 4) is 11.7 Å². The van der Waals surface area contributed by atoms with Crippen LogP contribution in [0.3, 0.4) is 0 Å². The van der Waals surface area contributed by atoms with Crippen molar-refractivity contribution in [1.29, 1.82) is 0 Å². The van der Waals surface area contributed by atoms with Crippen LogP contribution >= 0.6 is 0 Å². The summed E-state index contributed by atoms with van der Waals surface area (Å²) in [6.07, 6.45) is 2.50. The van der Waals surface area contributed by atoms with Crippen molar-refractivity contribution in [2.45, 2.75) is 26.9 Å². The van der Waals surface area contributed by atoms with Crippen LogP contribution in [0.4, 0.5) is 0 Å². The first-order valence-corrected chi connectivity index (χ1v) is 7.74. The summed E-state index contributed by atoms with van der Waals surface area (Å²) in [6, 6.07) is 10.9. The van der Waals surface area contributed by atoms with E-state index in [1.807, 2.05) is 12.1 Å². The minimum Gasteiger partial charge on any atom is -0.459 e. The lowest BCUT2D eigenvalue weighted by atomic mass is 10.0. The Bertz CT molecular complexity index is 789. The summed E-state index contributed by atoms with van der Waals surface area (Å²) in [5.74, 6) is 1.09. The normalized spacial score (nSPS) is 11.0. The molecule has 1 aromatic carbocycles. The third-order valence-corrected chi connectivity index (χ3v) is 3.36. The van der Waals surface area contributed by atoms with Gasteiger partial charge in [0.25, 0.3) is 11.8 Å². The molecular weight excluding hydrogens is 308 g/mol. The first kappa shape index (κ1) is 16.0. The predicted octanol–water partition coefficient (Wildman–Crippen LogP) is 3.89. The van der Waals surface area contributed by atoms with Gasteiger partial charge in [-0.05, 0) is 42.2 Å². The zero-order chi connectivity index (χ0) is 16.9. The van der Waals surface area contributed by atoms with E-state index in [2.05, 4.69) is 24.0 Å². The number of furan rings is 1. The van der Waals surface area contributed by atoms with E-state index >= 15 is 0 Å². The SMILES string of the molecule is CC(C)Cc1ccc(C(=O)OCc2nnc(-c3ccco3)o2)cc1. The smallest absolute Gasteiger partial charge is 0.338 e.